The second-order valence-electron chi connectivity index (χ2n) is 7.08. The number of nitrogens with zero attached hydrogens (tertiary/aromatic N) is 1. The third-order valence-electron chi connectivity index (χ3n) is 5.07. The predicted molar refractivity (Wildman–Crippen MR) is 99.4 cm³/mol. The number of aryl methyl sites for hydroxylation is 1. The van der Waals surface area contributed by atoms with Gasteiger partial charge in [-0.25, -0.2) is 0 Å². The number of pyridine rings is 1. The fourth-order valence-corrected chi connectivity index (χ4v) is 3.60. The number of benzene rings is 1. The molecule has 1 fully saturated rings. The molecule has 1 saturated carbocycles. The summed E-state index contributed by atoms with van der Waals surface area (Å²) < 4.78 is 6.25. The summed E-state index contributed by atoms with van der Waals surface area (Å²) in [4.78, 5) is 4.06. The van der Waals surface area contributed by atoms with Gasteiger partial charge in [-0.05, 0) is 74.3 Å². The van der Waals surface area contributed by atoms with E-state index in [4.69, 9.17) is 4.74 Å². The van der Waals surface area contributed by atoms with E-state index in [-0.39, 0.29) is 0 Å². The van der Waals surface area contributed by atoms with Crippen molar-refractivity contribution in [2.75, 3.05) is 11.9 Å². The first-order valence-electron chi connectivity index (χ1n) is 9.08. The summed E-state index contributed by atoms with van der Waals surface area (Å²) in [6, 6.07) is 12.5. The van der Waals surface area contributed by atoms with Gasteiger partial charge in [0.05, 0.1) is 6.10 Å². The summed E-state index contributed by atoms with van der Waals surface area (Å²) in [7, 11) is 0. The van der Waals surface area contributed by atoms with Crippen molar-refractivity contribution in [1.82, 2.24) is 4.98 Å². The van der Waals surface area contributed by atoms with Crippen molar-refractivity contribution in [3.8, 4) is 5.75 Å². The first-order valence-corrected chi connectivity index (χ1v) is 9.08. The Morgan fingerprint density at radius 2 is 2.04 bits per heavy atom. The molecule has 2 unspecified atom stereocenters. The maximum atomic E-state index is 6.25. The lowest BCUT2D eigenvalue weighted by Crippen LogP contribution is -2.31. The summed E-state index contributed by atoms with van der Waals surface area (Å²) in [6.45, 7) is 5.48. The van der Waals surface area contributed by atoms with Crippen LogP contribution in [0.3, 0.4) is 0 Å². The van der Waals surface area contributed by atoms with E-state index in [9.17, 15) is 0 Å². The van der Waals surface area contributed by atoms with Crippen LogP contribution in [0.1, 0.15) is 38.2 Å². The summed E-state index contributed by atoms with van der Waals surface area (Å²) in [6.07, 6.45) is 8.93. The molecule has 24 heavy (non-hydrogen) atoms. The number of ether oxygens (including phenoxy) is 1. The third-order valence-corrected chi connectivity index (χ3v) is 5.07. The Morgan fingerprint density at radius 1 is 1.21 bits per heavy atom. The van der Waals surface area contributed by atoms with Gasteiger partial charge in [-0.3, -0.25) is 4.98 Å². The number of hydrogen-bond acceptors (Lipinski definition) is 3. The largest absolute Gasteiger partial charge is 0.490 e. The van der Waals surface area contributed by atoms with E-state index in [0.717, 1.165) is 30.3 Å². The minimum Gasteiger partial charge on any atom is -0.490 e. The highest BCUT2D eigenvalue weighted by molar-refractivity contribution is 5.40. The van der Waals surface area contributed by atoms with Crippen LogP contribution < -0.4 is 10.1 Å². The van der Waals surface area contributed by atoms with E-state index in [1.54, 1.807) is 0 Å². The molecule has 3 rings (SSSR count). The Morgan fingerprint density at radius 3 is 2.83 bits per heavy atom. The van der Waals surface area contributed by atoms with Crippen molar-refractivity contribution in [2.24, 2.45) is 11.8 Å². The van der Waals surface area contributed by atoms with Crippen LogP contribution in [0, 0.1) is 18.8 Å². The molecule has 3 heteroatoms. The van der Waals surface area contributed by atoms with E-state index < -0.39 is 0 Å². The molecule has 0 amide bonds. The molecule has 2 aromatic rings. The zero-order valence-electron chi connectivity index (χ0n) is 14.7. The molecular weight excluding hydrogens is 296 g/mol. The number of rotatable bonds is 6. The standard InChI is InChI=1S/C21H28N2O/c1-16-5-3-7-20(13-16)24-21-8-4-6-18(14-21)17(2)15-23-19-9-11-22-12-10-19/h3,5,7,9-13,17-18,21H,4,6,8,14-15H2,1-2H3,(H,22,23)/t17?,18?,21-/m1/s1. The van der Waals surface area contributed by atoms with Gasteiger partial charge in [0.2, 0.25) is 0 Å². The van der Waals surface area contributed by atoms with E-state index in [1.807, 2.05) is 24.5 Å². The Bertz CT molecular complexity index is 629. The number of aromatic nitrogens is 1. The van der Waals surface area contributed by atoms with E-state index in [2.05, 4.69) is 48.4 Å². The summed E-state index contributed by atoms with van der Waals surface area (Å²) in [5.74, 6) is 2.38. The van der Waals surface area contributed by atoms with Crippen LogP contribution >= 0.6 is 0 Å². The van der Waals surface area contributed by atoms with Crippen molar-refractivity contribution in [2.45, 2.75) is 45.6 Å². The normalized spacial score (nSPS) is 21.9. The molecule has 1 heterocycles. The molecule has 128 valence electrons. The van der Waals surface area contributed by atoms with Crippen LogP contribution in [0.2, 0.25) is 0 Å². The van der Waals surface area contributed by atoms with Crippen LogP contribution in [0.5, 0.6) is 5.75 Å². The second kappa shape index (κ2) is 8.18. The highest BCUT2D eigenvalue weighted by atomic mass is 16.5. The fourth-order valence-electron chi connectivity index (χ4n) is 3.60. The third kappa shape index (κ3) is 4.73. The Labute approximate surface area is 145 Å². The Balaban J connectivity index is 1.51. The molecule has 0 spiro atoms. The number of hydrogen-bond donors (Lipinski definition) is 1. The molecule has 0 aliphatic heterocycles. The first kappa shape index (κ1) is 16.8. The SMILES string of the molecule is Cc1cccc(O[C@@H]2CCCC(C(C)CNc3ccncc3)C2)c1. The summed E-state index contributed by atoms with van der Waals surface area (Å²) in [5, 5.41) is 3.53. The predicted octanol–water partition coefficient (Wildman–Crippen LogP) is 5.08. The van der Waals surface area contributed by atoms with Gasteiger partial charge >= 0.3 is 0 Å². The van der Waals surface area contributed by atoms with Crippen molar-refractivity contribution in [3.05, 3.63) is 54.4 Å². The summed E-state index contributed by atoms with van der Waals surface area (Å²) in [5.41, 5.74) is 2.41. The fraction of sp³-hybridized carbons (Fsp3) is 0.476. The number of anilines is 1. The average Bonchev–Trinajstić information content (AvgIpc) is 2.61. The van der Waals surface area contributed by atoms with E-state index in [0.29, 0.717) is 12.0 Å². The minimum absolute atomic E-state index is 0.355. The maximum Gasteiger partial charge on any atom is 0.119 e. The molecule has 1 N–H and O–H groups in total. The molecule has 0 saturated heterocycles. The lowest BCUT2D eigenvalue weighted by atomic mass is 9.79. The average molecular weight is 324 g/mol. The Hall–Kier alpha value is -2.03. The van der Waals surface area contributed by atoms with E-state index in [1.165, 1.54) is 24.8 Å². The van der Waals surface area contributed by atoms with Crippen LogP contribution in [-0.2, 0) is 0 Å². The van der Waals surface area contributed by atoms with Gasteiger partial charge in [-0.15, -0.1) is 0 Å². The van der Waals surface area contributed by atoms with Gasteiger partial charge in [0.25, 0.3) is 0 Å². The monoisotopic (exact) mass is 324 g/mol. The molecule has 0 bridgehead atoms. The highest BCUT2D eigenvalue weighted by Gasteiger charge is 2.27. The van der Waals surface area contributed by atoms with Gasteiger partial charge < -0.3 is 10.1 Å². The van der Waals surface area contributed by atoms with Crippen LogP contribution in [0.4, 0.5) is 5.69 Å². The van der Waals surface area contributed by atoms with E-state index >= 15 is 0 Å². The van der Waals surface area contributed by atoms with Gasteiger partial charge in [-0.1, -0.05) is 19.1 Å². The second-order valence-corrected chi connectivity index (χ2v) is 7.08. The quantitative estimate of drug-likeness (QED) is 0.805. The van der Waals surface area contributed by atoms with Crippen LogP contribution in [0.25, 0.3) is 0 Å². The van der Waals surface area contributed by atoms with Crippen LogP contribution in [0.15, 0.2) is 48.8 Å². The van der Waals surface area contributed by atoms with Crippen LogP contribution in [-0.4, -0.2) is 17.6 Å². The Kier molecular flexibility index (Phi) is 5.73. The molecule has 1 aromatic heterocycles. The zero-order chi connectivity index (χ0) is 16.8. The molecule has 0 radical (unpaired) electrons. The smallest absolute Gasteiger partial charge is 0.119 e. The maximum absolute atomic E-state index is 6.25. The topological polar surface area (TPSA) is 34.1 Å². The molecule has 1 aliphatic carbocycles. The van der Waals surface area contributed by atoms with Gasteiger partial charge in [0, 0.05) is 24.6 Å². The molecular formula is C21H28N2O. The van der Waals surface area contributed by atoms with Gasteiger partial charge in [0.1, 0.15) is 5.75 Å². The first-order chi connectivity index (χ1) is 11.7. The molecule has 1 aliphatic rings. The van der Waals surface area contributed by atoms with Crippen molar-refractivity contribution < 1.29 is 4.74 Å². The van der Waals surface area contributed by atoms with Gasteiger partial charge in [0.15, 0.2) is 0 Å². The zero-order valence-corrected chi connectivity index (χ0v) is 14.7. The molecule has 3 nitrogen and oxygen atoms in total. The lowest BCUT2D eigenvalue weighted by Gasteiger charge is -2.33. The van der Waals surface area contributed by atoms with Gasteiger partial charge in [-0.2, -0.15) is 0 Å². The van der Waals surface area contributed by atoms with Crippen molar-refractivity contribution in [1.29, 1.82) is 0 Å². The minimum atomic E-state index is 0.355. The highest BCUT2D eigenvalue weighted by Crippen LogP contribution is 2.32. The number of nitrogens with one attached hydrogen (secondary N) is 1. The molecule has 3 atom stereocenters. The van der Waals surface area contributed by atoms with Crippen molar-refractivity contribution >= 4 is 5.69 Å². The molecule has 1 aromatic carbocycles. The van der Waals surface area contributed by atoms with Crippen molar-refractivity contribution in [3.63, 3.8) is 0 Å². The lowest BCUT2D eigenvalue weighted by molar-refractivity contribution is 0.105. The summed E-state index contributed by atoms with van der Waals surface area (Å²) >= 11 is 0.